The number of aryl methyl sites for hydroxylation is 1. The normalized spacial score (nSPS) is 12.7. The summed E-state index contributed by atoms with van der Waals surface area (Å²) >= 11 is 5.11. The van der Waals surface area contributed by atoms with Crippen LogP contribution in [-0.2, 0) is 0 Å². The highest BCUT2D eigenvalue weighted by Gasteiger charge is 2.18. The van der Waals surface area contributed by atoms with Crippen molar-refractivity contribution >= 4 is 27.3 Å². The van der Waals surface area contributed by atoms with Gasteiger partial charge in [0.2, 0.25) is 0 Å². The van der Waals surface area contributed by atoms with E-state index in [0.717, 1.165) is 20.7 Å². The quantitative estimate of drug-likeness (QED) is 0.673. The lowest BCUT2D eigenvalue weighted by Gasteiger charge is -2.14. The van der Waals surface area contributed by atoms with Gasteiger partial charge >= 0.3 is 0 Å². The van der Waals surface area contributed by atoms with Gasteiger partial charge in [-0.25, -0.2) is 5.43 Å². The number of hydrazine groups is 1. The molecule has 2 aromatic rings. The first-order valence-corrected chi connectivity index (χ1v) is 6.37. The number of hydrogen-bond donors (Lipinski definition) is 2. The molecule has 0 fully saturated rings. The molecule has 0 saturated carbocycles. The number of nitrogens with one attached hydrogen (secondary N) is 1. The fourth-order valence-corrected chi connectivity index (χ4v) is 3.03. The van der Waals surface area contributed by atoms with Crippen LogP contribution in [0.3, 0.4) is 0 Å². The first-order chi connectivity index (χ1) is 7.72. The Hall–Kier alpha value is -0.820. The lowest BCUT2D eigenvalue weighted by Crippen LogP contribution is -2.29. The molecule has 6 heteroatoms. The van der Waals surface area contributed by atoms with Crippen molar-refractivity contribution in [1.82, 2.24) is 15.4 Å². The number of nitrogens with two attached hydrogens (primary N) is 1. The van der Waals surface area contributed by atoms with Crippen LogP contribution in [0.25, 0.3) is 0 Å². The number of nitrogens with zero attached hydrogens (tertiary/aromatic N) is 2. The Morgan fingerprint density at radius 1 is 1.44 bits per heavy atom. The topological polar surface area (TPSA) is 63.8 Å². The van der Waals surface area contributed by atoms with Crippen molar-refractivity contribution in [2.75, 3.05) is 0 Å². The molecule has 3 N–H and O–H groups in total. The lowest BCUT2D eigenvalue weighted by atomic mass is 10.2. The van der Waals surface area contributed by atoms with Crippen LogP contribution in [0, 0.1) is 6.92 Å². The molecule has 0 bridgehead atoms. The molecule has 1 unspecified atom stereocenters. The van der Waals surface area contributed by atoms with Gasteiger partial charge in [-0.15, -0.1) is 11.3 Å². The van der Waals surface area contributed by atoms with Crippen LogP contribution in [-0.4, -0.2) is 9.97 Å². The molecule has 1 atom stereocenters. The summed E-state index contributed by atoms with van der Waals surface area (Å²) in [5.41, 5.74) is 4.47. The van der Waals surface area contributed by atoms with Crippen molar-refractivity contribution in [2.45, 2.75) is 13.0 Å². The van der Waals surface area contributed by atoms with Crippen molar-refractivity contribution in [2.24, 2.45) is 5.84 Å². The number of thiophene rings is 1. The summed E-state index contributed by atoms with van der Waals surface area (Å²) in [7, 11) is 0. The standard InChI is InChI=1S/C10H11BrN4S/c1-6-4-14-8(5-13-6)9(15-12)10-7(11)2-3-16-10/h2-5,9,15H,12H2,1H3. The molecule has 0 aliphatic carbocycles. The zero-order valence-electron chi connectivity index (χ0n) is 8.64. The van der Waals surface area contributed by atoms with E-state index in [1.54, 1.807) is 23.7 Å². The Morgan fingerprint density at radius 3 is 2.75 bits per heavy atom. The second-order valence-electron chi connectivity index (χ2n) is 3.32. The molecular weight excluding hydrogens is 288 g/mol. The summed E-state index contributed by atoms with van der Waals surface area (Å²) < 4.78 is 1.03. The minimum atomic E-state index is -0.123. The molecule has 0 spiro atoms. The number of hydrogen-bond acceptors (Lipinski definition) is 5. The van der Waals surface area contributed by atoms with Gasteiger partial charge in [-0.05, 0) is 34.3 Å². The second-order valence-corrected chi connectivity index (χ2v) is 5.12. The summed E-state index contributed by atoms with van der Waals surface area (Å²) in [6.07, 6.45) is 3.48. The highest BCUT2D eigenvalue weighted by Crippen LogP contribution is 2.31. The maximum Gasteiger partial charge on any atom is 0.1000 e. The van der Waals surface area contributed by atoms with Gasteiger partial charge in [0.15, 0.2) is 0 Å². The third kappa shape index (κ3) is 2.30. The van der Waals surface area contributed by atoms with Crippen molar-refractivity contribution in [3.63, 3.8) is 0 Å². The predicted octanol–water partition coefficient (Wildman–Crippen LogP) is 2.16. The maximum atomic E-state index is 5.57. The van der Waals surface area contributed by atoms with Gasteiger partial charge in [-0.3, -0.25) is 15.8 Å². The van der Waals surface area contributed by atoms with Crippen LogP contribution < -0.4 is 11.3 Å². The monoisotopic (exact) mass is 298 g/mol. The van der Waals surface area contributed by atoms with Crippen molar-refractivity contribution in [3.05, 3.63) is 44.6 Å². The van der Waals surface area contributed by atoms with Gasteiger partial charge in [0, 0.05) is 15.5 Å². The SMILES string of the molecule is Cc1cnc(C(NN)c2sccc2Br)cn1. The number of aromatic nitrogens is 2. The summed E-state index contributed by atoms with van der Waals surface area (Å²) in [6, 6.07) is 1.87. The molecule has 2 heterocycles. The van der Waals surface area contributed by atoms with E-state index in [0.29, 0.717) is 0 Å². The lowest BCUT2D eigenvalue weighted by molar-refractivity contribution is 0.624. The molecule has 0 aliphatic heterocycles. The Balaban J connectivity index is 2.37. The Bertz CT molecular complexity index is 468. The molecule has 0 amide bonds. The smallest absolute Gasteiger partial charge is 0.1000 e. The van der Waals surface area contributed by atoms with E-state index in [2.05, 4.69) is 31.3 Å². The minimum absolute atomic E-state index is 0.123. The van der Waals surface area contributed by atoms with Gasteiger partial charge in [0.25, 0.3) is 0 Å². The van der Waals surface area contributed by atoms with E-state index in [4.69, 9.17) is 5.84 Å². The minimum Gasteiger partial charge on any atom is -0.270 e. The molecule has 0 aromatic carbocycles. The zero-order valence-corrected chi connectivity index (χ0v) is 11.0. The fraction of sp³-hybridized carbons (Fsp3) is 0.200. The third-order valence-corrected chi connectivity index (χ3v) is 4.11. The van der Waals surface area contributed by atoms with Crippen LogP contribution in [0.4, 0.5) is 0 Å². The van der Waals surface area contributed by atoms with Gasteiger partial charge in [0.05, 0.1) is 23.6 Å². The molecule has 4 nitrogen and oxygen atoms in total. The van der Waals surface area contributed by atoms with E-state index in [1.165, 1.54) is 0 Å². The summed E-state index contributed by atoms with van der Waals surface area (Å²) in [4.78, 5) is 9.64. The van der Waals surface area contributed by atoms with Gasteiger partial charge in [-0.1, -0.05) is 0 Å². The van der Waals surface area contributed by atoms with E-state index < -0.39 is 0 Å². The van der Waals surface area contributed by atoms with Crippen LogP contribution in [0.2, 0.25) is 0 Å². The molecule has 2 rings (SSSR count). The van der Waals surface area contributed by atoms with Gasteiger partial charge in [0.1, 0.15) is 0 Å². The molecule has 84 valence electrons. The number of halogens is 1. The largest absolute Gasteiger partial charge is 0.270 e. The Morgan fingerprint density at radius 2 is 2.25 bits per heavy atom. The van der Waals surface area contributed by atoms with E-state index in [9.17, 15) is 0 Å². The first-order valence-electron chi connectivity index (χ1n) is 4.70. The molecule has 16 heavy (non-hydrogen) atoms. The first kappa shape index (κ1) is 11.7. The average molecular weight is 299 g/mol. The van der Waals surface area contributed by atoms with Crippen LogP contribution in [0.1, 0.15) is 22.3 Å². The van der Waals surface area contributed by atoms with Crippen molar-refractivity contribution < 1.29 is 0 Å². The van der Waals surface area contributed by atoms with Crippen LogP contribution in [0.5, 0.6) is 0 Å². The summed E-state index contributed by atoms with van der Waals surface area (Å²) in [5, 5.41) is 2.01. The van der Waals surface area contributed by atoms with Crippen molar-refractivity contribution in [3.8, 4) is 0 Å². The fourth-order valence-electron chi connectivity index (χ4n) is 1.36. The van der Waals surface area contributed by atoms with Crippen LogP contribution >= 0.6 is 27.3 Å². The van der Waals surface area contributed by atoms with E-state index in [-0.39, 0.29) is 6.04 Å². The molecule has 0 aliphatic rings. The predicted molar refractivity (Wildman–Crippen MR) is 68.0 cm³/mol. The Labute approximate surface area is 106 Å². The number of rotatable bonds is 3. The van der Waals surface area contributed by atoms with Crippen molar-refractivity contribution in [1.29, 1.82) is 0 Å². The Kier molecular flexibility index (Phi) is 3.65. The summed E-state index contributed by atoms with van der Waals surface area (Å²) in [5.74, 6) is 5.57. The average Bonchev–Trinajstić information content (AvgIpc) is 2.69. The second kappa shape index (κ2) is 5.01. The summed E-state index contributed by atoms with van der Waals surface area (Å²) in [6.45, 7) is 1.91. The zero-order chi connectivity index (χ0) is 11.5. The molecular formula is C10H11BrN4S. The maximum absolute atomic E-state index is 5.57. The van der Waals surface area contributed by atoms with Gasteiger partial charge < -0.3 is 0 Å². The molecule has 0 saturated heterocycles. The molecule has 2 aromatic heterocycles. The van der Waals surface area contributed by atoms with E-state index >= 15 is 0 Å². The highest BCUT2D eigenvalue weighted by atomic mass is 79.9. The highest BCUT2D eigenvalue weighted by molar-refractivity contribution is 9.10. The van der Waals surface area contributed by atoms with Gasteiger partial charge in [-0.2, -0.15) is 0 Å². The van der Waals surface area contributed by atoms with E-state index in [1.807, 2.05) is 18.4 Å². The van der Waals surface area contributed by atoms with Crippen LogP contribution in [0.15, 0.2) is 28.3 Å². The molecule has 0 radical (unpaired) electrons. The third-order valence-electron chi connectivity index (χ3n) is 2.17.